The Bertz CT molecular complexity index is 537. The van der Waals surface area contributed by atoms with Crippen molar-refractivity contribution in [2.75, 3.05) is 24.7 Å². The summed E-state index contributed by atoms with van der Waals surface area (Å²) in [7, 11) is 0. The number of hydrogen-bond acceptors (Lipinski definition) is 3. The number of nitrogens with one attached hydrogen (secondary N) is 1. The quantitative estimate of drug-likeness (QED) is 0.881. The summed E-state index contributed by atoms with van der Waals surface area (Å²) in [5.74, 6) is -2.21. The molecular weight excluding hydrogens is 279 g/mol. The van der Waals surface area contributed by atoms with Gasteiger partial charge in [-0.15, -0.1) is 0 Å². The second kappa shape index (κ2) is 6.53. The molecule has 21 heavy (non-hydrogen) atoms. The molecule has 1 heterocycles. The number of benzene rings is 1. The Labute approximate surface area is 121 Å². The summed E-state index contributed by atoms with van der Waals surface area (Å²) in [4.78, 5) is 24.7. The number of hydrogen-bond donors (Lipinski definition) is 2. The lowest BCUT2D eigenvalue weighted by atomic mass is 10.0. The number of ether oxygens (including phenoxy) is 1. The molecule has 2 amide bonds. The summed E-state index contributed by atoms with van der Waals surface area (Å²) < 4.78 is 18.3. The van der Waals surface area contributed by atoms with Crippen LogP contribution in [0, 0.1) is 11.7 Å². The van der Waals surface area contributed by atoms with Crippen LogP contribution < -0.4 is 10.2 Å². The lowest BCUT2D eigenvalue weighted by molar-refractivity contribution is -0.142. The van der Waals surface area contributed by atoms with E-state index in [0.29, 0.717) is 12.2 Å². The lowest BCUT2D eigenvalue weighted by Crippen LogP contribution is -2.49. The molecular formula is C14H17FN2O4. The molecule has 1 aromatic carbocycles. The Balaban J connectivity index is 2.09. The largest absolute Gasteiger partial charge is 0.481 e. The highest BCUT2D eigenvalue weighted by Gasteiger charge is 2.35. The van der Waals surface area contributed by atoms with Crippen LogP contribution in [-0.2, 0) is 9.53 Å². The molecule has 0 bridgehead atoms. The van der Waals surface area contributed by atoms with Crippen molar-refractivity contribution in [2.24, 2.45) is 5.92 Å². The zero-order valence-corrected chi connectivity index (χ0v) is 11.6. The van der Waals surface area contributed by atoms with Gasteiger partial charge in [0, 0.05) is 12.2 Å². The van der Waals surface area contributed by atoms with Gasteiger partial charge in [0.25, 0.3) is 0 Å². The average Bonchev–Trinajstić information content (AvgIpc) is 2.88. The smallest absolute Gasteiger partial charge is 0.322 e. The maximum Gasteiger partial charge on any atom is 0.322 e. The summed E-state index contributed by atoms with van der Waals surface area (Å²) in [6, 6.07) is 4.62. The summed E-state index contributed by atoms with van der Waals surface area (Å²) >= 11 is 0. The van der Waals surface area contributed by atoms with Crippen molar-refractivity contribution in [2.45, 2.75) is 13.0 Å². The number of aliphatic carboxylic acids is 1. The minimum Gasteiger partial charge on any atom is -0.481 e. The normalized spacial score (nSPS) is 21.0. The van der Waals surface area contributed by atoms with Gasteiger partial charge in [-0.25, -0.2) is 9.18 Å². The first-order valence-corrected chi connectivity index (χ1v) is 6.67. The SMILES string of the molecule is CCN(C(=O)NC1COCC1C(=O)O)c1cccc(F)c1. The lowest BCUT2D eigenvalue weighted by Gasteiger charge is -2.24. The molecule has 1 fully saturated rings. The zero-order chi connectivity index (χ0) is 15.4. The van der Waals surface area contributed by atoms with Gasteiger partial charge < -0.3 is 15.2 Å². The number of carboxylic acid groups (broad SMARTS) is 1. The van der Waals surface area contributed by atoms with E-state index in [1.165, 1.54) is 23.1 Å². The number of nitrogens with zero attached hydrogens (tertiary/aromatic N) is 1. The van der Waals surface area contributed by atoms with Crippen LogP contribution >= 0.6 is 0 Å². The van der Waals surface area contributed by atoms with Crippen molar-refractivity contribution in [1.82, 2.24) is 5.32 Å². The molecule has 0 radical (unpaired) electrons. The molecule has 0 saturated carbocycles. The van der Waals surface area contributed by atoms with Gasteiger partial charge in [0.1, 0.15) is 11.7 Å². The number of amides is 2. The van der Waals surface area contributed by atoms with E-state index in [9.17, 15) is 14.0 Å². The molecule has 0 aliphatic carbocycles. The Kier molecular flexibility index (Phi) is 4.74. The maximum atomic E-state index is 13.2. The molecule has 6 nitrogen and oxygen atoms in total. The van der Waals surface area contributed by atoms with E-state index in [4.69, 9.17) is 9.84 Å². The fourth-order valence-corrected chi connectivity index (χ4v) is 2.26. The van der Waals surface area contributed by atoms with Crippen LogP contribution in [-0.4, -0.2) is 42.9 Å². The van der Waals surface area contributed by atoms with Crippen LogP contribution in [0.2, 0.25) is 0 Å². The van der Waals surface area contributed by atoms with Gasteiger partial charge in [0.15, 0.2) is 0 Å². The van der Waals surface area contributed by atoms with Gasteiger partial charge in [-0.1, -0.05) is 6.07 Å². The van der Waals surface area contributed by atoms with Crippen LogP contribution in [0.1, 0.15) is 6.92 Å². The van der Waals surface area contributed by atoms with E-state index in [1.54, 1.807) is 13.0 Å². The summed E-state index contributed by atoms with van der Waals surface area (Å²) in [6.07, 6.45) is 0. The first-order chi connectivity index (χ1) is 10.0. The van der Waals surface area contributed by atoms with E-state index in [-0.39, 0.29) is 13.2 Å². The van der Waals surface area contributed by atoms with Crippen LogP contribution in [0.15, 0.2) is 24.3 Å². The van der Waals surface area contributed by atoms with E-state index < -0.39 is 29.8 Å². The highest BCUT2D eigenvalue weighted by molar-refractivity contribution is 5.92. The number of urea groups is 1. The van der Waals surface area contributed by atoms with Gasteiger partial charge >= 0.3 is 12.0 Å². The summed E-state index contributed by atoms with van der Waals surface area (Å²) in [6.45, 7) is 2.32. The third kappa shape index (κ3) is 3.49. The predicted octanol–water partition coefficient (Wildman–Crippen LogP) is 1.46. The fraction of sp³-hybridized carbons (Fsp3) is 0.429. The molecule has 2 atom stereocenters. The van der Waals surface area contributed by atoms with Crippen molar-refractivity contribution in [3.63, 3.8) is 0 Å². The third-order valence-electron chi connectivity index (χ3n) is 3.39. The van der Waals surface area contributed by atoms with Crippen molar-refractivity contribution in [1.29, 1.82) is 0 Å². The monoisotopic (exact) mass is 296 g/mol. The van der Waals surface area contributed by atoms with E-state index in [1.807, 2.05) is 0 Å². The first kappa shape index (κ1) is 15.2. The number of carboxylic acids is 1. The number of halogens is 1. The second-order valence-electron chi connectivity index (χ2n) is 4.76. The van der Waals surface area contributed by atoms with Gasteiger partial charge in [0.2, 0.25) is 0 Å². The first-order valence-electron chi connectivity index (χ1n) is 6.67. The van der Waals surface area contributed by atoms with E-state index in [0.717, 1.165) is 0 Å². The van der Waals surface area contributed by atoms with Gasteiger partial charge in [0.05, 0.1) is 19.3 Å². The number of carbonyl (C=O) groups excluding carboxylic acids is 1. The van der Waals surface area contributed by atoms with E-state index >= 15 is 0 Å². The van der Waals surface area contributed by atoms with Gasteiger partial charge in [-0.05, 0) is 25.1 Å². The summed E-state index contributed by atoms with van der Waals surface area (Å²) in [5, 5.41) is 11.7. The standard InChI is InChI=1S/C14H17FN2O4/c1-2-17(10-5-3-4-9(15)6-10)14(20)16-12-8-21-7-11(12)13(18)19/h3-6,11-12H,2,7-8H2,1H3,(H,16,20)(H,18,19). The Morgan fingerprint density at radius 3 is 2.86 bits per heavy atom. The van der Waals surface area contributed by atoms with E-state index in [2.05, 4.69) is 5.32 Å². The molecule has 1 aromatic rings. The molecule has 1 aliphatic heterocycles. The van der Waals surface area contributed by atoms with Crippen molar-refractivity contribution < 1.29 is 23.8 Å². The van der Waals surface area contributed by atoms with Crippen molar-refractivity contribution in [3.8, 4) is 0 Å². The minimum absolute atomic E-state index is 0.0758. The van der Waals surface area contributed by atoms with Crippen molar-refractivity contribution >= 4 is 17.7 Å². The highest BCUT2D eigenvalue weighted by Crippen LogP contribution is 2.18. The molecule has 2 rings (SSSR count). The second-order valence-corrected chi connectivity index (χ2v) is 4.76. The third-order valence-corrected chi connectivity index (χ3v) is 3.39. The van der Waals surface area contributed by atoms with Crippen LogP contribution in [0.25, 0.3) is 0 Å². The predicted molar refractivity (Wildman–Crippen MR) is 73.7 cm³/mol. The Morgan fingerprint density at radius 2 is 2.24 bits per heavy atom. The molecule has 7 heteroatoms. The highest BCUT2D eigenvalue weighted by atomic mass is 19.1. The van der Waals surface area contributed by atoms with Crippen LogP contribution in [0.5, 0.6) is 0 Å². The molecule has 0 spiro atoms. The molecule has 114 valence electrons. The summed E-state index contributed by atoms with van der Waals surface area (Å²) in [5.41, 5.74) is 0.417. The molecule has 1 aliphatic rings. The van der Waals surface area contributed by atoms with Crippen LogP contribution in [0.3, 0.4) is 0 Å². The van der Waals surface area contributed by atoms with Crippen molar-refractivity contribution in [3.05, 3.63) is 30.1 Å². The van der Waals surface area contributed by atoms with Gasteiger partial charge in [-0.3, -0.25) is 9.69 Å². The molecule has 2 unspecified atom stereocenters. The molecule has 1 saturated heterocycles. The molecule has 0 aromatic heterocycles. The Morgan fingerprint density at radius 1 is 1.48 bits per heavy atom. The fourth-order valence-electron chi connectivity index (χ4n) is 2.26. The zero-order valence-electron chi connectivity index (χ0n) is 11.6. The number of anilines is 1. The number of carbonyl (C=O) groups is 2. The average molecular weight is 296 g/mol. The van der Waals surface area contributed by atoms with Crippen LogP contribution in [0.4, 0.5) is 14.9 Å². The maximum absolute atomic E-state index is 13.2. The topological polar surface area (TPSA) is 78.9 Å². The Hall–Kier alpha value is -2.15. The molecule has 2 N–H and O–H groups in total. The number of rotatable bonds is 4. The minimum atomic E-state index is -1.01. The van der Waals surface area contributed by atoms with Gasteiger partial charge in [-0.2, -0.15) is 0 Å².